The molecule has 0 bridgehead atoms. The van der Waals surface area contributed by atoms with Crippen LogP contribution >= 0.6 is 0 Å². The molecule has 0 radical (unpaired) electrons. The number of benzene rings is 1. The molecule has 18 heavy (non-hydrogen) atoms. The molecule has 1 unspecified atom stereocenters. The molecular formula is C15H26N2O. The Morgan fingerprint density at radius 1 is 1.33 bits per heavy atom. The Morgan fingerprint density at radius 2 is 1.94 bits per heavy atom. The second-order valence-corrected chi connectivity index (χ2v) is 6.17. The average molecular weight is 250 g/mol. The molecule has 0 fully saturated rings. The van der Waals surface area contributed by atoms with Crippen molar-refractivity contribution in [2.45, 2.75) is 33.7 Å². The zero-order chi connectivity index (χ0) is 13.9. The zero-order valence-electron chi connectivity index (χ0n) is 12.4. The van der Waals surface area contributed by atoms with Gasteiger partial charge in [0.15, 0.2) is 0 Å². The van der Waals surface area contributed by atoms with Crippen LogP contribution in [-0.2, 0) is 0 Å². The molecule has 3 heteroatoms. The van der Waals surface area contributed by atoms with Gasteiger partial charge in [0.1, 0.15) is 5.75 Å². The van der Waals surface area contributed by atoms with Crippen LogP contribution in [0.2, 0.25) is 0 Å². The lowest BCUT2D eigenvalue weighted by molar-refractivity contribution is 0.418. The van der Waals surface area contributed by atoms with Crippen molar-refractivity contribution in [2.75, 3.05) is 25.5 Å². The van der Waals surface area contributed by atoms with Crippen LogP contribution in [0.5, 0.6) is 5.75 Å². The quantitative estimate of drug-likeness (QED) is 0.861. The first kappa shape index (κ1) is 14.8. The largest absolute Gasteiger partial charge is 0.508 e. The summed E-state index contributed by atoms with van der Waals surface area (Å²) < 4.78 is 0. The number of nitrogens with one attached hydrogen (secondary N) is 1. The maximum Gasteiger partial charge on any atom is 0.122 e. The Balaban J connectivity index is 2.90. The number of nitrogens with zero attached hydrogens (tertiary/aromatic N) is 1. The number of rotatable bonds is 4. The first-order valence-electron chi connectivity index (χ1n) is 6.46. The molecule has 0 aromatic heterocycles. The van der Waals surface area contributed by atoms with Crippen molar-refractivity contribution >= 4 is 5.69 Å². The number of phenols is 1. The van der Waals surface area contributed by atoms with Crippen molar-refractivity contribution in [3.8, 4) is 5.75 Å². The first-order chi connectivity index (χ1) is 8.24. The van der Waals surface area contributed by atoms with E-state index in [0.717, 1.165) is 17.8 Å². The molecule has 102 valence electrons. The lowest BCUT2D eigenvalue weighted by Crippen LogP contribution is -2.29. The van der Waals surface area contributed by atoms with Crippen molar-refractivity contribution in [1.82, 2.24) is 5.32 Å². The first-order valence-corrected chi connectivity index (χ1v) is 6.46. The van der Waals surface area contributed by atoms with E-state index in [0.29, 0.717) is 5.75 Å². The fraction of sp³-hybridized carbons (Fsp3) is 0.600. The fourth-order valence-electron chi connectivity index (χ4n) is 2.09. The minimum Gasteiger partial charge on any atom is -0.508 e. The predicted molar refractivity (Wildman–Crippen MR) is 78.3 cm³/mol. The lowest BCUT2D eigenvalue weighted by Gasteiger charge is -2.28. The second kappa shape index (κ2) is 5.61. The number of phenolic OH excluding ortho intramolecular Hbond substituents is 1. The standard InChI is InChI=1S/C15H26N2O/c1-11(16-5)13-8-7-12(9-14(13)18)17(6)10-15(2,3)4/h7-9,11,16,18H,10H2,1-6H3. The van der Waals surface area contributed by atoms with E-state index >= 15 is 0 Å². The highest BCUT2D eigenvalue weighted by Gasteiger charge is 2.15. The SMILES string of the molecule is CNC(C)c1ccc(N(C)CC(C)(C)C)cc1O. The monoisotopic (exact) mass is 250 g/mol. The van der Waals surface area contributed by atoms with Crippen LogP contribution in [0.15, 0.2) is 18.2 Å². The summed E-state index contributed by atoms with van der Waals surface area (Å²) in [5.74, 6) is 0.357. The smallest absolute Gasteiger partial charge is 0.122 e. The van der Waals surface area contributed by atoms with Gasteiger partial charge in [-0.3, -0.25) is 0 Å². The molecule has 1 rings (SSSR count). The van der Waals surface area contributed by atoms with Gasteiger partial charge in [0.25, 0.3) is 0 Å². The highest BCUT2D eigenvalue weighted by atomic mass is 16.3. The summed E-state index contributed by atoms with van der Waals surface area (Å²) in [7, 11) is 3.95. The maximum absolute atomic E-state index is 10.1. The van der Waals surface area contributed by atoms with Gasteiger partial charge in [0.2, 0.25) is 0 Å². The molecule has 3 nitrogen and oxygen atoms in total. The molecule has 0 saturated heterocycles. The minimum atomic E-state index is 0.159. The van der Waals surface area contributed by atoms with Gasteiger partial charge in [-0.1, -0.05) is 26.8 Å². The number of aromatic hydroxyl groups is 1. The number of anilines is 1. The third-order valence-electron chi connectivity index (χ3n) is 3.07. The van der Waals surface area contributed by atoms with Gasteiger partial charge in [0.05, 0.1) is 0 Å². The summed E-state index contributed by atoms with van der Waals surface area (Å²) in [5.41, 5.74) is 2.22. The molecule has 1 aromatic carbocycles. The molecule has 0 heterocycles. The summed E-state index contributed by atoms with van der Waals surface area (Å²) in [6.07, 6.45) is 0. The van der Waals surface area contributed by atoms with Gasteiger partial charge in [-0.25, -0.2) is 0 Å². The summed E-state index contributed by atoms with van der Waals surface area (Å²) in [6, 6.07) is 6.06. The van der Waals surface area contributed by atoms with Gasteiger partial charge in [-0.05, 0) is 25.5 Å². The van der Waals surface area contributed by atoms with Crippen LogP contribution in [0.1, 0.15) is 39.3 Å². The van der Waals surface area contributed by atoms with Crippen LogP contribution < -0.4 is 10.2 Å². The maximum atomic E-state index is 10.1. The van der Waals surface area contributed by atoms with E-state index < -0.39 is 0 Å². The van der Waals surface area contributed by atoms with E-state index in [1.807, 2.05) is 26.1 Å². The van der Waals surface area contributed by atoms with Crippen molar-refractivity contribution < 1.29 is 5.11 Å². The zero-order valence-corrected chi connectivity index (χ0v) is 12.4. The highest BCUT2D eigenvalue weighted by Crippen LogP contribution is 2.29. The molecular weight excluding hydrogens is 224 g/mol. The van der Waals surface area contributed by atoms with Crippen LogP contribution in [0.25, 0.3) is 0 Å². The van der Waals surface area contributed by atoms with E-state index in [-0.39, 0.29) is 11.5 Å². The molecule has 0 aliphatic carbocycles. The third kappa shape index (κ3) is 3.91. The molecule has 1 atom stereocenters. The van der Waals surface area contributed by atoms with Gasteiger partial charge in [-0.15, -0.1) is 0 Å². The topological polar surface area (TPSA) is 35.5 Å². The van der Waals surface area contributed by atoms with Crippen LogP contribution in [-0.4, -0.2) is 25.7 Å². The Labute approximate surface area is 111 Å². The van der Waals surface area contributed by atoms with E-state index in [9.17, 15) is 5.11 Å². The van der Waals surface area contributed by atoms with E-state index in [2.05, 4.69) is 44.1 Å². The Kier molecular flexibility index (Phi) is 4.63. The van der Waals surface area contributed by atoms with Crippen molar-refractivity contribution in [3.05, 3.63) is 23.8 Å². The molecule has 2 N–H and O–H groups in total. The van der Waals surface area contributed by atoms with Crippen molar-refractivity contribution in [1.29, 1.82) is 0 Å². The molecule has 0 spiro atoms. The van der Waals surface area contributed by atoms with Gasteiger partial charge in [-0.2, -0.15) is 0 Å². The van der Waals surface area contributed by atoms with Gasteiger partial charge in [0, 0.05) is 37.0 Å². The summed E-state index contributed by atoms with van der Waals surface area (Å²) in [6.45, 7) is 9.61. The Hall–Kier alpha value is -1.22. The van der Waals surface area contributed by atoms with Gasteiger partial charge >= 0.3 is 0 Å². The van der Waals surface area contributed by atoms with E-state index in [1.165, 1.54) is 0 Å². The predicted octanol–water partition coefficient (Wildman–Crippen LogP) is 3.15. The Bertz CT molecular complexity index is 396. The normalized spacial score (nSPS) is 13.4. The number of hydrogen-bond donors (Lipinski definition) is 2. The molecule has 0 saturated carbocycles. The molecule has 0 aliphatic heterocycles. The van der Waals surface area contributed by atoms with Gasteiger partial charge < -0.3 is 15.3 Å². The average Bonchev–Trinajstić information content (AvgIpc) is 2.25. The van der Waals surface area contributed by atoms with E-state index in [4.69, 9.17) is 0 Å². The van der Waals surface area contributed by atoms with Crippen LogP contribution in [0.4, 0.5) is 5.69 Å². The van der Waals surface area contributed by atoms with Crippen molar-refractivity contribution in [3.63, 3.8) is 0 Å². The number of hydrogen-bond acceptors (Lipinski definition) is 3. The van der Waals surface area contributed by atoms with Crippen LogP contribution in [0, 0.1) is 5.41 Å². The van der Waals surface area contributed by atoms with Crippen molar-refractivity contribution in [2.24, 2.45) is 5.41 Å². The summed E-state index contributed by atoms with van der Waals surface area (Å²) in [4.78, 5) is 2.17. The second-order valence-electron chi connectivity index (χ2n) is 6.17. The highest BCUT2D eigenvalue weighted by molar-refractivity contribution is 5.53. The lowest BCUT2D eigenvalue weighted by atomic mass is 9.96. The summed E-state index contributed by atoms with van der Waals surface area (Å²) >= 11 is 0. The molecule has 1 aromatic rings. The summed E-state index contributed by atoms with van der Waals surface area (Å²) in [5, 5.41) is 13.2. The molecule has 0 amide bonds. The van der Waals surface area contributed by atoms with Crippen LogP contribution in [0.3, 0.4) is 0 Å². The minimum absolute atomic E-state index is 0.159. The molecule has 0 aliphatic rings. The Morgan fingerprint density at radius 3 is 2.39 bits per heavy atom. The third-order valence-corrected chi connectivity index (χ3v) is 3.07. The van der Waals surface area contributed by atoms with E-state index in [1.54, 1.807) is 0 Å². The fourth-order valence-corrected chi connectivity index (χ4v) is 2.09.